The molecule has 2 aromatic rings. The molecule has 0 N–H and O–H groups in total. The van der Waals surface area contributed by atoms with E-state index in [1.807, 2.05) is 0 Å². The van der Waals surface area contributed by atoms with E-state index in [1.165, 1.54) is 22.3 Å². The Morgan fingerprint density at radius 2 is 1.08 bits per heavy atom. The number of benzene rings is 2. The van der Waals surface area contributed by atoms with Crippen LogP contribution in [0, 0.1) is 13.8 Å². The maximum absolute atomic E-state index is 4.90. The summed E-state index contributed by atoms with van der Waals surface area (Å²) in [5.41, 5.74) is 9.13. The molecule has 0 aliphatic carbocycles. The molecule has 2 nitrogen and oxygen atoms in total. The van der Waals surface area contributed by atoms with Crippen LogP contribution in [-0.2, 0) is 12.8 Å². The maximum Gasteiger partial charge on any atom is 0.0694 e. The highest BCUT2D eigenvalue weighted by Crippen LogP contribution is 2.27. The first-order valence-corrected chi connectivity index (χ1v) is 8.75. The molecule has 0 heterocycles. The van der Waals surface area contributed by atoms with Crippen LogP contribution >= 0.6 is 0 Å². The van der Waals surface area contributed by atoms with Crippen molar-refractivity contribution in [3.63, 3.8) is 0 Å². The van der Waals surface area contributed by atoms with E-state index in [0.29, 0.717) is 0 Å². The Morgan fingerprint density at radius 1 is 0.708 bits per heavy atom. The molecule has 0 saturated carbocycles. The summed E-state index contributed by atoms with van der Waals surface area (Å²) in [6, 6.07) is 12.8. The molecular formula is C22H28N2. The molecular weight excluding hydrogens is 292 g/mol. The van der Waals surface area contributed by atoms with Crippen molar-refractivity contribution in [2.45, 2.75) is 54.4 Å². The van der Waals surface area contributed by atoms with Crippen molar-refractivity contribution < 1.29 is 0 Å². The first-order valence-electron chi connectivity index (χ1n) is 8.75. The lowest BCUT2D eigenvalue weighted by Gasteiger charge is -2.10. The van der Waals surface area contributed by atoms with E-state index in [1.54, 1.807) is 0 Å². The first kappa shape index (κ1) is 18.1. The molecule has 0 aliphatic heterocycles. The number of rotatable bonds is 5. The lowest BCUT2D eigenvalue weighted by molar-refractivity contribution is 1.12. The Bertz CT molecular complexity index is 715. The summed E-state index contributed by atoms with van der Waals surface area (Å²) >= 11 is 0. The van der Waals surface area contributed by atoms with Crippen molar-refractivity contribution in [1.82, 2.24) is 0 Å². The van der Waals surface area contributed by atoms with E-state index < -0.39 is 0 Å². The molecule has 0 fully saturated rings. The second-order valence-electron chi connectivity index (χ2n) is 6.27. The molecule has 0 bridgehead atoms. The lowest BCUT2D eigenvalue weighted by atomic mass is 10.1. The molecule has 0 atom stereocenters. The Kier molecular flexibility index (Phi) is 6.08. The number of aryl methyl sites for hydroxylation is 4. The van der Waals surface area contributed by atoms with Crippen LogP contribution in [0.25, 0.3) is 0 Å². The van der Waals surface area contributed by atoms with Crippen LogP contribution in [0.15, 0.2) is 46.4 Å². The van der Waals surface area contributed by atoms with Crippen molar-refractivity contribution in [3.05, 3.63) is 58.7 Å². The first-order chi connectivity index (χ1) is 11.5. The second-order valence-corrected chi connectivity index (χ2v) is 6.27. The molecule has 24 heavy (non-hydrogen) atoms. The van der Waals surface area contributed by atoms with Gasteiger partial charge in [-0.05, 0) is 62.8 Å². The highest BCUT2D eigenvalue weighted by molar-refractivity contribution is 6.41. The van der Waals surface area contributed by atoms with Crippen LogP contribution in [0.5, 0.6) is 0 Å². The van der Waals surface area contributed by atoms with Gasteiger partial charge in [-0.1, -0.05) is 50.2 Å². The van der Waals surface area contributed by atoms with Gasteiger partial charge >= 0.3 is 0 Å². The molecule has 0 amide bonds. The third kappa shape index (κ3) is 4.00. The second kappa shape index (κ2) is 8.05. The van der Waals surface area contributed by atoms with Crippen LogP contribution in [0.1, 0.15) is 49.9 Å². The SMILES string of the molecule is CCc1cccc(C)c1N=C(C)C(C)=Nc1c(C)cccc1CC. The van der Waals surface area contributed by atoms with Crippen LogP contribution in [-0.4, -0.2) is 11.4 Å². The topological polar surface area (TPSA) is 24.7 Å². The van der Waals surface area contributed by atoms with Gasteiger partial charge in [0.2, 0.25) is 0 Å². The van der Waals surface area contributed by atoms with Crippen LogP contribution in [0.3, 0.4) is 0 Å². The number of para-hydroxylation sites is 2. The zero-order valence-electron chi connectivity index (χ0n) is 15.8. The standard InChI is InChI=1S/C22H28N2/c1-7-19-13-9-11-15(3)21(19)23-17(5)18(6)24-22-16(4)12-10-14-20(22)8-2/h9-14H,7-8H2,1-6H3. The molecule has 0 radical (unpaired) electrons. The van der Waals surface area contributed by atoms with E-state index in [4.69, 9.17) is 9.98 Å². The molecule has 2 heteroatoms. The van der Waals surface area contributed by atoms with Crippen molar-refractivity contribution in [1.29, 1.82) is 0 Å². The third-order valence-electron chi connectivity index (χ3n) is 4.49. The van der Waals surface area contributed by atoms with Crippen molar-refractivity contribution >= 4 is 22.8 Å². The highest BCUT2D eigenvalue weighted by atomic mass is 14.8. The molecule has 0 aromatic heterocycles. The minimum Gasteiger partial charge on any atom is -0.251 e. The highest BCUT2D eigenvalue weighted by Gasteiger charge is 2.07. The Labute approximate surface area is 146 Å². The summed E-state index contributed by atoms with van der Waals surface area (Å²) in [7, 11) is 0. The molecule has 0 saturated heterocycles. The molecule has 2 rings (SSSR count). The number of nitrogens with zero attached hydrogens (tertiary/aromatic N) is 2. The Morgan fingerprint density at radius 3 is 1.42 bits per heavy atom. The van der Waals surface area contributed by atoms with Gasteiger partial charge in [-0.15, -0.1) is 0 Å². The summed E-state index contributed by atoms with van der Waals surface area (Å²) in [6.45, 7) is 12.7. The lowest BCUT2D eigenvalue weighted by Crippen LogP contribution is -2.06. The maximum atomic E-state index is 4.90. The van der Waals surface area contributed by atoms with E-state index in [0.717, 1.165) is 35.6 Å². The average Bonchev–Trinajstić information content (AvgIpc) is 2.58. The summed E-state index contributed by atoms with van der Waals surface area (Å²) in [5, 5.41) is 0. The summed E-state index contributed by atoms with van der Waals surface area (Å²) in [5.74, 6) is 0. The summed E-state index contributed by atoms with van der Waals surface area (Å²) in [4.78, 5) is 9.79. The van der Waals surface area contributed by atoms with Crippen molar-refractivity contribution in [2.24, 2.45) is 9.98 Å². The van der Waals surface area contributed by atoms with E-state index >= 15 is 0 Å². The molecule has 126 valence electrons. The fourth-order valence-electron chi connectivity index (χ4n) is 2.83. The minimum absolute atomic E-state index is 0.976. The minimum atomic E-state index is 0.976. The van der Waals surface area contributed by atoms with Crippen LogP contribution in [0.4, 0.5) is 11.4 Å². The molecule has 0 aliphatic rings. The molecule has 0 unspecified atom stereocenters. The van der Waals surface area contributed by atoms with E-state index in [9.17, 15) is 0 Å². The quantitative estimate of drug-likeness (QED) is 0.576. The summed E-state index contributed by atoms with van der Waals surface area (Å²) < 4.78 is 0. The number of aliphatic imine (C=N–C) groups is 2. The predicted molar refractivity (Wildman–Crippen MR) is 107 cm³/mol. The Hall–Kier alpha value is -2.22. The summed E-state index contributed by atoms with van der Waals surface area (Å²) in [6.07, 6.45) is 1.98. The molecule has 2 aromatic carbocycles. The van der Waals surface area contributed by atoms with E-state index in [-0.39, 0.29) is 0 Å². The third-order valence-corrected chi connectivity index (χ3v) is 4.49. The fraction of sp³-hybridized carbons (Fsp3) is 0.364. The van der Waals surface area contributed by atoms with Crippen LogP contribution < -0.4 is 0 Å². The van der Waals surface area contributed by atoms with Crippen molar-refractivity contribution in [2.75, 3.05) is 0 Å². The Balaban J connectivity index is 2.45. The zero-order valence-corrected chi connectivity index (χ0v) is 15.8. The van der Waals surface area contributed by atoms with Gasteiger partial charge in [-0.3, -0.25) is 9.98 Å². The normalized spacial score (nSPS) is 12.6. The molecule has 0 spiro atoms. The average molecular weight is 320 g/mol. The fourth-order valence-corrected chi connectivity index (χ4v) is 2.83. The van der Waals surface area contributed by atoms with Gasteiger partial charge in [0.15, 0.2) is 0 Å². The predicted octanol–water partition coefficient (Wildman–Crippen LogP) is 6.31. The largest absolute Gasteiger partial charge is 0.251 e. The van der Waals surface area contributed by atoms with E-state index in [2.05, 4.69) is 77.9 Å². The van der Waals surface area contributed by atoms with Gasteiger partial charge in [0, 0.05) is 0 Å². The van der Waals surface area contributed by atoms with Gasteiger partial charge in [0.05, 0.1) is 22.8 Å². The van der Waals surface area contributed by atoms with Gasteiger partial charge in [-0.25, -0.2) is 0 Å². The van der Waals surface area contributed by atoms with Crippen molar-refractivity contribution in [3.8, 4) is 0 Å². The van der Waals surface area contributed by atoms with Gasteiger partial charge in [0.25, 0.3) is 0 Å². The smallest absolute Gasteiger partial charge is 0.0694 e. The number of hydrogen-bond acceptors (Lipinski definition) is 2. The van der Waals surface area contributed by atoms with Gasteiger partial charge in [0.1, 0.15) is 0 Å². The van der Waals surface area contributed by atoms with Gasteiger partial charge < -0.3 is 0 Å². The monoisotopic (exact) mass is 320 g/mol. The van der Waals surface area contributed by atoms with Gasteiger partial charge in [-0.2, -0.15) is 0 Å². The van der Waals surface area contributed by atoms with Crippen LogP contribution in [0.2, 0.25) is 0 Å². The zero-order chi connectivity index (χ0) is 17.7. The number of hydrogen-bond donors (Lipinski definition) is 0.